The van der Waals surface area contributed by atoms with E-state index in [9.17, 15) is 0 Å². The fraction of sp³-hybridized carbons (Fsp3) is 1.00. The van der Waals surface area contributed by atoms with Gasteiger partial charge in [0.25, 0.3) is 10.2 Å². The molecular formula is C2H23I4N18O13+5. The van der Waals surface area contributed by atoms with Crippen molar-refractivity contribution in [3.8, 4) is 0 Å². The summed E-state index contributed by atoms with van der Waals surface area (Å²) >= 11 is 5.35. The highest BCUT2D eigenvalue weighted by molar-refractivity contribution is 14.1. The van der Waals surface area contributed by atoms with Crippen molar-refractivity contribution in [3.63, 3.8) is 0 Å². The third-order valence-electron chi connectivity index (χ3n) is 2.27. The van der Waals surface area contributed by atoms with Gasteiger partial charge in [-0.05, 0) is 16.1 Å². The van der Waals surface area contributed by atoms with Crippen molar-refractivity contribution in [2.24, 2.45) is 52.6 Å². The van der Waals surface area contributed by atoms with E-state index in [-0.39, 0.29) is 26.0 Å². The second-order valence-corrected chi connectivity index (χ2v) is 7.28. The summed E-state index contributed by atoms with van der Waals surface area (Å²) in [5.41, 5.74) is 0. The Balaban J connectivity index is 3.12. The molecule has 4 atom stereocenters. The lowest BCUT2D eigenvalue weighted by atomic mass is 11.4. The number of hydrogen-bond acceptors (Lipinski definition) is 26. The van der Waals surface area contributed by atoms with Crippen LogP contribution in [0.25, 0.3) is 0 Å². The minimum Gasteiger partial charge on any atom is -0.248 e. The van der Waals surface area contributed by atoms with E-state index in [0.29, 0.717) is 0 Å². The van der Waals surface area contributed by atoms with E-state index < -0.39 is 25.2 Å². The lowest BCUT2D eigenvalue weighted by molar-refractivity contribution is -1.71. The molecule has 0 radical (unpaired) electrons. The monoisotopic (exact) mass is 1010 g/mol. The molecule has 0 aliphatic carbocycles. The van der Waals surface area contributed by atoms with Crippen LogP contribution in [0.2, 0.25) is 0 Å². The first-order valence-corrected chi connectivity index (χ1v) is 12.0. The number of rotatable bonds is 15. The van der Waals surface area contributed by atoms with Gasteiger partial charge in [0, 0.05) is 20.2 Å². The normalized spacial score (nSPS) is 30.1. The molecule has 1 heterocycles. The summed E-state index contributed by atoms with van der Waals surface area (Å²) in [7, 11) is 1.14. The molecule has 0 aromatic rings. The lowest BCUT2D eigenvalue weighted by Gasteiger charge is -2.31. The van der Waals surface area contributed by atoms with Gasteiger partial charge in [-0.1, -0.05) is 46.0 Å². The number of hydrogen-bond donors (Lipinski definition) is 9. The molecule has 18 N–H and O–H groups in total. The zero-order valence-corrected chi connectivity index (χ0v) is 26.4. The summed E-state index contributed by atoms with van der Waals surface area (Å²) in [5, 5.41) is -8.67. The quantitative estimate of drug-likeness (QED) is 0.0243. The van der Waals surface area contributed by atoms with Crippen molar-refractivity contribution >= 4 is 91.6 Å². The number of hydrazine groups is 3. The summed E-state index contributed by atoms with van der Waals surface area (Å²) < 4.78 is 14.2. The molecule has 1 saturated heterocycles. The van der Waals surface area contributed by atoms with Crippen LogP contribution < -0.4 is 52.6 Å². The molecule has 4 unspecified atom stereocenters. The summed E-state index contributed by atoms with van der Waals surface area (Å²) in [6.45, 7) is 0. The van der Waals surface area contributed by atoms with Crippen molar-refractivity contribution in [2.75, 3.05) is 11.7 Å². The maximum atomic E-state index is 5.77. The predicted molar refractivity (Wildman–Crippen MR) is 127 cm³/mol. The Morgan fingerprint density at radius 3 is 1.97 bits per heavy atom. The number of nitrogens with two attached hydrogens (primary N) is 9. The Morgan fingerprint density at radius 2 is 1.49 bits per heavy atom. The SMILES string of the molecule is C[N+](N)(N)ON(OI)O[N+](N)(OI)O[N+]1(N)ON(N)O[N+](N)(ON(N)ON(N)OCI)O[N+](N)(OI)O1. The molecule has 0 aromatic heterocycles. The van der Waals surface area contributed by atoms with Gasteiger partial charge in [0.05, 0.1) is 10.3 Å². The van der Waals surface area contributed by atoms with Gasteiger partial charge in [0.2, 0.25) is 51.4 Å². The lowest BCUT2D eigenvalue weighted by Crippen LogP contribution is -2.78. The second kappa shape index (κ2) is 15.2. The molecule has 0 saturated carbocycles. The van der Waals surface area contributed by atoms with Crippen molar-refractivity contribution in [1.82, 2.24) is 21.4 Å². The van der Waals surface area contributed by atoms with Crippen molar-refractivity contribution in [2.45, 2.75) is 0 Å². The number of quaternary nitrogens is 5. The molecule has 0 bridgehead atoms. The van der Waals surface area contributed by atoms with E-state index in [2.05, 4.69) is 8.11 Å². The number of halogens is 4. The fourth-order valence-electron chi connectivity index (χ4n) is 1.44. The maximum Gasteiger partial charge on any atom is 0.321 e. The number of alkyl halides is 1. The van der Waals surface area contributed by atoms with E-state index in [0.717, 1.165) is 30.1 Å². The Kier molecular flexibility index (Phi) is 15.1. The highest BCUT2D eigenvalue weighted by Crippen LogP contribution is 2.27. The first-order valence-electron chi connectivity index (χ1n) is 7.81. The van der Waals surface area contributed by atoms with Crippen LogP contribution in [-0.4, -0.2) is 58.2 Å². The molecule has 1 aliphatic rings. The van der Waals surface area contributed by atoms with Crippen LogP contribution in [0.4, 0.5) is 0 Å². The molecule has 0 spiro atoms. The molecule has 0 amide bonds. The third-order valence-corrected chi connectivity index (χ3v) is 3.97. The average Bonchev–Trinajstić information content (AvgIpc) is 2.70. The molecule has 31 nitrogen and oxygen atoms in total. The van der Waals surface area contributed by atoms with Gasteiger partial charge >= 0.3 is 10.2 Å². The fourth-order valence-corrected chi connectivity index (χ4v) is 2.15. The highest BCUT2D eigenvalue weighted by Gasteiger charge is 2.69. The van der Waals surface area contributed by atoms with Gasteiger partial charge in [-0.3, -0.25) is 0 Å². The molecular weight excluding hydrogens is 992 g/mol. The minimum absolute atomic E-state index is 0.0362. The van der Waals surface area contributed by atoms with Crippen LogP contribution in [0.15, 0.2) is 0 Å². The molecule has 1 aliphatic heterocycles. The molecule has 222 valence electrons. The molecule has 0 aromatic carbocycles. The summed E-state index contributed by atoms with van der Waals surface area (Å²) in [6, 6.07) is 0. The summed E-state index contributed by atoms with van der Waals surface area (Å²) in [5.74, 6) is 49.9. The van der Waals surface area contributed by atoms with E-state index >= 15 is 0 Å². The highest BCUT2D eigenvalue weighted by atomic mass is 127. The molecule has 1 rings (SSSR count). The average molecular weight is 1010 g/mol. The van der Waals surface area contributed by atoms with Gasteiger partial charge in [0.1, 0.15) is 40.0 Å². The number of hydroxylamine groups is 1. The van der Waals surface area contributed by atoms with Crippen molar-refractivity contribution in [1.29, 1.82) is 0 Å². The molecule has 1 fully saturated rings. The van der Waals surface area contributed by atoms with Crippen LogP contribution in [-0.2, 0) is 58.8 Å². The van der Waals surface area contributed by atoms with Crippen LogP contribution in [0.3, 0.4) is 0 Å². The van der Waals surface area contributed by atoms with Crippen LogP contribution >= 0.6 is 91.6 Å². The van der Waals surface area contributed by atoms with Crippen LogP contribution in [0.1, 0.15) is 0 Å². The van der Waals surface area contributed by atoms with Gasteiger partial charge in [-0.15, -0.1) is 16.6 Å². The summed E-state index contributed by atoms with van der Waals surface area (Å²) in [4.78, 5) is 47.1. The van der Waals surface area contributed by atoms with Gasteiger partial charge in [0.15, 0.2) is 14.8 Å². The topological polar surface area (TPSA) is 367 Å². The van der Waals surface area contributed by atoms with Crippen molar-refractivity contribution in [3.05, 3.63) is 0 Å². The largest absolute Gasteiger partial charge is 0.321 e. The third kappa shape index (κ3) is 13.5. The summed E-state index contributed by atoms with van der Waals surface area (Å²) in [6.07, 6.45) is 0. The zero-order valence-electron chi connectivity index (χ0n) is 17.7. The van der Waals surface area contributed by atoms with Gasteiger partial charge in [-0.25, -0.2) is 22.4 Å². The molecule has 37 heavy (non-hydrogen) atoms. The van der Waals surface area contributed by atoms with E-state index in [1.807, 2.05) is 0 Å². The van der Waals surface area contributed by atoms with E-state index in [1.165, 1.54) is 46.0 Å². The first-order chi connectivity index (χ1) is 16.8. The minimum atomic E-state index is -2.31. The smallest absolute Gasteiger partial charge is 0.248 e. The van der Waals surface area contributed by atoms with Gasteiger partial charge in [-0.2, -0.15) is 3.17 Å². The standard InChI is InChI=1S/C2H23I4N18O13/c1-20(10,11)33-19(26-4)34-21(12,27-5)35-24(15)32-18(9)31-23(14,36-22(13,28-6)37-24)30-17(8)29-16(7)25-2-3/h2,7-15H2,1H3/q+5. The second-order valence-electron chi connectivity index (χ2n) is 5.48. The van der Waals surface area contributed by atoms with Gasteiger partial charge < -0.3 is 0 Å². The predicted octanol–water partition coefficient (Wildman–Crippen LogP) is -5.43. The van der Waals surface area contributed by atoms with E-state index in [1.54, 1.807) is 22.6 Å². The Morgan fingerprint density at radius 1 is 0.919 bits per heavy atom. The van der Waals surface area contributed by atoms with Crippen molar-refractivity contribution < 1.29 is 84.0 Å². The van der Waals surface area contributed by atoms with Crippen LogP contribution in [0, 0.1) is 0 Å². The first kappa shape index (κ1) is 36.7. The van der Waals surface area contributed by atoms with Crippen LogP contribution in [0.5, 0.6) is 0 Å². The molecule has 35 heteroatoms. The maximum absolute atomic E-state index is 5.77. The Hall–Kier alpha value is 1.68. The van der Waals surface area contributed by atoms with E-state index in [4.69, 9.17) is 103 Å². The Bertz CT molecular complexity index is 700. The Labute approximate surface area is 259 Å². The zero-order chi connectivity index (χ0) is 28.7. The number of nitrogens with zero attached hydrogens (tertiary/aromatic N) is 9.